The lowest BCUT2D eigenvalue weighted by Gasteiger charge is -1.99. The molecule has 1 aromatic heterocycles. The lowest BCUT2D eigenvalue weighted by Crippen LogP contribution is -2.06. The number of pyridine rings is 1. The van der Waals surface area contributed by atoms with E-state index in [1.54, 1.807) is 0 Å². The third-order valence-electron chi connectivity index (χ3n) is 1.84. The second-order valence-corrected chi connectivity index (χ2v) is 3.20. The van der Waals surface area contributed by atoms with E-state index < -0.39 is 17.2 Å². The Bertz CT molecular complexity index is 564. The molecule has 0 amide bonds. The van der Waals surface area contributed by atoms with Gasteiger partial charge in [0.1, 0.15) is 16.8 Å². The van der Waals surface area contributed by atoms with E-state index in [4.69, 9.17) is 11.6 Å². The standard InChI is InChI=1S/C9H4ClF2NO/c10-8-3-5-6(9(14)13-8)1-4(11)2-7(5)12/h1-3H,(H,13,14). The highest BCUT2D eigenvalue weighted by atomic mass is 35.5. The van der Waals surface area contributed by atoms with Crippen molar-refractivity contribution >= 4 is 22.4 Å². The fraction of sp³-hybridized carbons (Fsp3) is 0. The molecular weight excluding hydrogens is 212 g/mol. The van der Waals surface area contributed by atoms with Crippen LogP contribution in [0.1, 0.15) is 0 Å². The lowest BCUT2D eigenvalue weighted by atomic mass is 10.1. The molecule has 0 unspecified atom stereocenters. The second kappa shape index (κ2) is 3.06. The third-order valence-corrected chi connectivity index (χ3v) is 2.05. The van der Waals surface area contributed by atoms with Gasteiger partial charge in [-0.1, -0.05) is 11.6 Å². The van der Waals surface area contributed by atoms with Crippen molar-refractivity contribution in [2.45, 2.75) is 0 Å². The van der Waals surface area contributed by atoms with Gasteiger partial charge in [-0.3, -0.25) is 4.79 Å². The summed E-state index contributed by atoms with van der Waals surface area (Å²) in [6, 6.07) is 2.92. The summed E-state index contributed by atoms with van der Waals surface area (Å²) < 4.78 is 25.9. The van der Waals surface area contributed by atoms with Crippen LogP contribution in [0.3, 0.4) is 0 Å². The zero-order chi connectivity index (χ0) is 10.3. The Kier molecular flexibility index (Phi) is 2.00. The second-order valence-electron chi connectivity index (χ2n) is 2.80. The molecule has 0 aliphatic carbocycles. The third kappa shape index (κ3) is 1.37. The lowest BCUT2D eigenvalue weighted by molar-refractivity contribution is 0.592. The number of fused-ring (bicyclic) bond motifs is 1. The molecule has 0 fully saturated rings. The molecule has 0 spiro atoms. The van der Waals surface area contributed by atoms with E-state index in [1.165, 1.54) is 6.07 Å². The zero-order valence-corrected chi connectivity index (χ0v) is 7.53. The molecule has 72 valence electrons. The first-order valence-corrected chi connectivity index (χ1v) is 4.13. The number of benzene rings is 1. The van der Waals surface area contributed by atoms with Crippen molar-refractivity contribution < 1.29 is 8.78 Å². The highest BCUT2D eigenvalue weighted by Gasteiger charge is 2.07. The smallest absolute Gasteiger partial charge is 0.257 e. The summed E-state index contributed by atoms with van der Waals surface area (Å²) in [4.78, 5) is 13.5. The number of aromatic amines is 1. The fourth-order valence-corrected chi connectivity index (χ4v) is 1.45. The predicted octanol–water partition coefficient (Wildman–Crippen LogP) is 2.46. The SMILES string of the molecule is O=c1[nH]c(Cl)cc2c(F)cc(F)cc12. The number of aromatic nitrogens is 1. The Hall–Kier alpha value is -1.42. The van der Waals surface area contributed by atoms with Gasteiger partial charge in [-0.2, -0.15) is 0 Å². The molecule has 2 aromatic rings. The molecule has 2 rings (SSSR count). The molecule has 0 aliphatic heterocycles. The number of nitrogens with one attached hydrogen (secondary N) is 1. The van der Waals surface area contributed by atoms with Crippen LogP contribution in [-0.2, 0) is 0 Å². The Balaban J connectivity index is 3.02. The van der Waals surface area contributed by atoms with Gasteiger partial charge in [0.05, 0.1) is 5.39 Å². The number of rotatable bonds is 0. The normalized spacial score (nSPS) is 10.8. The number of hydrogen-bond acceptors (Lipinski definition) is 1. The Morgan fingerprint density at radius 1 is 1.14 bits per heavy atom. The molecular formula is C9H4ClF2NO. The predicted molar refractivity (Wildman–Crippen MR) is 49.5 cm³/mol. The van der Waals surface area contributed by atoms with Crippen molar-refractivity contribution in [2.24, 2.45) is 0 Å². The summed E-state index contributed by atoms with van der Waals surface area (Å²) in [6.07, 6.45) is 0. The maximum atomic E-state index is 13.2. The molecule has 1 heterocycles. The van der Waals surface area contributed by atoms with Crippen molar-refractivity contribution in [2.75, 3.05) is 0 Å². The molecule has 1 N–H and O–H groups in total. The first kappa shape index (κ1) is 9.15. The van der Waals surface area contributed by atoms with Crippen LogP contribution in [0.15, 0.2) is 23.0 Å². The molecule has 1 aromatic carbocycles. The van der Waals surface area contributed by atoms with E-state index in [0.29, 0.717) is 6.07 Å². The molecule has 0 saturated carbocycles. The molecule has 0 bridgehead atoms. The highest BCUT2D eigenvalue weighted by molar-refractivity contribution is 6.30. The molecule has 2 nitrogen and oxygen atoms in total. The van der Waals surface area contributed by atoms with Crippen LogP contribution in [0.4, 0.5) is 8.78 Å². The van der Waals surface area contributed by atoms with Crippen LogP contribution in [0.25, 0.3) is 10.8 Å². The van der Waals surface area contributed by atoms with E-state index in [2.05, 4.69) is 4.98 Å². The van der Waals surface area contributed by atoms with Gasteiger partial charge in [-0.25, -0.2) is 8.78 Å². The zero-order valence-electron chi connectivity index (χ0n) is 6.77. The molecule has 0 atom stereocenters. The van der Waals surface area contributed by atoms with E-state index in [9.17, 15) is 13.6 Å². The highest BCUT2D eigenvalue weighted by Crippen LogP contribution is 2.18. The minimum absolute atomic E-state index is 0.0140. The number of hydrogen-bond donors (Lipinski definition) is 1. The summed E-state index contributed by atoms with van der Waals surface area (Å²) in [5, 5.41) is -0.0138. The minimum Gasteiger partial charge on any atom is -0.312 e. The van der Waals surface area contributed by atoms with Gasteiger partial charge in [0.15, 0.2) is 0 Å². The molecule has 0 radical (unpaired) electrons. The maximum absolute atomic E-state index is 13.2. The minimum atomic E-state index is -0.798. The van der Waals surface area contributed by atoms with E-state index >= 15 is 0 Å². The van der Waals surface area contributed by atoms with Crippen molar-refractivity contribution in [1.29, 1.82) is 0 Å². The number of H-pyrrole nitrogens is 1. The van der Waals surface area contributed by atoms with Gasteiger partial charge in [0.25, 0.3) is 5.56 Å². The van der Waals surface area contributed by atoms with Crippen LogP contribution >= 0.6 is 11.6 Å². The first-order valence-electron chi connectivity index (χ1n) is 3.75. The van der Waals surface area contributed by atoms with E-state index in [0.717, 1.165) is 6.07 Å². The van der Waals surface area contributed by atoms with Gasteiger partial charge in [-0.15, -0.1) is 0 Å². The molecule has 14 heavy (non-hydrogen) atoms. The summed E-state index contributed by atoms with van der Waals surface area (Å²) in [5.41, 5.74) is -0.606. The topological polar surface area (TPSA) is 32.9 Å². The molecule has 0 aliphatic rings. The van der Waals surface area contributed by atoms with Crippen LogP contribution in [0.2, 0.25) is 5.15 Å². The van der Waals surface area contributed by atoms with Crippen LogP contribution in [0, 0.1) is 11.6 Å². The van der Waals surface area contributed by atoms with Crippen molar-refractivity contribution in [3.05, 3.63) is 45.3 Å². The largest absolute Gasteiger partial charge is 0.312 e. The molecule has 0 saturated heterocycles. The molecule has 5 heteroatoms. The summed E-state index contributed by atoms with van der Waals surface area (Å²) >= 11 is 5.52. The van der Waals surface area contributed by atoms with E-state index in [-0.39, 0.29) is 15.9 Å². The van der Waals surface area contributed by atoms with Gasteiger partial charge < -0.3 is 4.98 Å². The maximum Gasteiger partial charge on any atom is 0.257 e. The Morgan fingerprint density at radius 3 is 2.57 bits per heavy atom. The number of halogens is 3. The fourth-order valence-electron chi connectivity index (χ4n) is 1.26. The van der Waals surface area contributed by atoms with Crippen LogP contribution in [-0.4, -0.2) is 4.98 Å². The summed E-state index contributed by atoms with van der Waals surface area (Å²) in [5.74, 6) is -1.59. The van der Waals surface area contributed by atoms with Gasteiger partial charge in [0, 0.05) is 11.5 Å². The van der Waals surface area contributed by atoms with Gasteiger partial charge in [0.2, 0.25) is 0 Å². The summed E-state index contributed by atoms with van der Waals surface area (Å²) in [7, 11) is 0. The first-order chi connectivity index (χ1) is 6.58. The van der Waals surface area contributed by atoms with Crippen molar-refractivity contribution in [3.8, 4) is 0 Å². The summed E-state index contributed by atoms with van der Waals surface area (Å²) in [6.45, 7) is 0. The van der Waals surface area contributed by atoms with Gasteiger partial charge >= 0.3 is 0 Å². The Labute approximate surface area is 82.1 Å². The Morgan fingerprint density at radius 2 is 1.86 bits per heavy atom. The quantitative estimate of drug-likeness (QED) is 0.673. The van der Waals surface area contributed by atoms with Crippen LogP contribution in [0.5, 0.6) is 0 Å². The van der Waals surface area contributed by atoms with Crippen molar-refractivity contribution in [1.82, 2.24) is 4.98 Å². The van der Waals surface area contributed by atoms with Crippen LogP contribution < -0.4 is 5.56 Å². The van der Waals surface area contributed by atoms with Crippen molar-refractivity contribution in [3.63, 3.8) is 0 Å². The monoisotopic (exact) mass is 215 g/mol. The average molecular weight is 216 g/mol. The van der Waals surface area contributed by atoms with Gasteiger partial charge in [-0.05, 0) is 12.1 Å². The van der Waals surface area contributed by atoms with E-state index in [1.807, 2.05) is 0 Å². The average Bonchev–Trinajstić information content (AvgIpc) is 2.07.